The zero-order chi connectivity index (χ0) is 23.6. The van der Waals surface area contributed by atoms with Gasteiger partial charge in [0.2, 0.25) is 0 Å². The van der Waals surface area contributed by atoms with Crippen molar-refractivity contribution in [2.75, 3.05) is 7.11 Å². The average Bonchev–Trinajstić information content (AvgIpc) is 3.23. The van der Waals surface area contributed by atoms with E-state index >= 15 is 0 Å². The number of aromatic nitrogens is 2. The maximum atomic E-state index is 11.9. The van der Waals surface area contributed by atoms with E-state index in [0.29, 0.717) is 21.7 Å². The molecule has 0 spiro atoms. The maximum absolute atomic E-state index is 11.9. The highest BCUT2D eigenvalue weighted by molar-refractivity contribution is 7.99. The molecule has 4 rings (SSSR count). The molecule has 1 aliphatic carbocycles. The summed E-state index contributed by atoms with van der Waals surface area (Å²) in [5, 5.41) is 11.6. The van der Waals surface area contributed by atoms with Crippen molar-refractivity contribution in [3.8, 4) is 11.3 Å². The molecule has 0 aliphatic heterocycles. The molecule has 1 fully saturated rings. The van der Waals surface area contributed by atoms with Crippen LogP contribution in [0.1, 0.15) is 57.0 Å². The third-order valence-corrected chi connectivity index (χ3v) is 7.13. The molecule has 8 heteroatoms. The van der Waals surface area contributed by atoms with E-state index in [1.54, 1.807) is 20.0 Å². The van der Waals surface area contributed by atoms with Gasteiger partial charge in [0.15, 0.2) is 11.0 Å². The number of benzene rings is 1. The van der Waals surface area contributed by atoms with Gasteiger partial charge >= 0.3 is 5.97 Å². The number of pyridine rings is 1. The first-order chi connectivity index (χ1) is 15.7. The van der Waals surface area contributed by atoms with E-state index in [1.807, 2.05) is 36.4 Å². The van der Waals surface area contributed by atoms with Gasteiger partial charge in [0.1, 0.15) is 11.3 Å². The Labute approximate surface area is 202 Å². The average molecular weight is 487 g/mol. The van der Waals surface area contributed by atoms with Gasteiger partial charge in [-0.1, -0.05) is 11.6 Å². The smallest absolute Gasteiger partial charge is 0.308 e. The van der Waals surface area contributed by atoms with Crippen molar-refractivity contribution in [1.82, 2.24) is 9.97 Å². The number of rotatable bonds is 6. The van der Waals surface area contributed by atoms with Crippen LogP contribution < -0.4 is 0 Å². The number of oxazole rings is 1. The van der Waals surface area contributed by atoms with Crippen molar-refractivity contribution < 1.29 is 19.1 Å². The molecule has 0 saturated heterocycles. The van der Waals surface area contributed by atoms with E-state index in [-0.39, 0.29) is 17.8 Å². The number of ether oxygens (including phenoxy) is 1. The monoisotopic (exact) mass is 486 g/mol. The van der Waals surface area contributed by atoms with Gasteiger partial charge in [-0.15, -0.1) is 0 Å². The quantitative estimate of drug-likeness (QED) is 0.414. The molecule has 1 N–H and O–H groups in total. The summed E-state index contributed by atoms with van der Waals surface area (Å²) in [6.07, 6.45) is 4.88. The first-order valence-corrected chi connectivity index (χ1v) is 12.2. The molecule has 2 aromatic heterocycles. The summed E-state index contributed by atoms with van der Waals surface area (Å²) in [5.41, 5.74) is 1.10. The van der Waals surface area contributed by atoms with E-state index in [1.165, 1.54) is 18.9 Å². The van der Waals surface area contributed by atoms with Gasteiger partial charge in [0, 0.05) is 27.6 Å². The largest absolute Gasteiger partial charge is 0.469 e. The number of esters is 1. The van der Waals surface area contributed by atoms with E-state index in [2.05, 4.69) is 4.98 Å². The summed E-state index contributed by atoms with van der Waals surface area (Å²) in [7, 11) is 1.44. The molecular weight excluding hydrogens is 460 g/mol. The minimum atomic E-state index is -1.02. The number of aliphatic hydroxyl groups is 1. The minimum Gasteiger partial charge on any atom is -0.469 e. The Morgan fingerprint density at radius 1 is 1.15 bits per heavy atom. The third-order valence-electron chi connectivity index (χ3n) is 5.91. The van der Waals surface area contributed by atoms with Gasteiger partial charge in [0.25, 0.3) is 0 Å². The summed E-state index contributed by atoms with van der Waals surface area (Å²) in [4.78, 5) is 22.2. The SMILES string of the molecule is COC(=O)C1CCC(c2nc(-c3ccc(C(C)(C)O)nc3)c(Sc3ccc(Cl)cc3)o2)CC1. The number of hydrogen-bond donors (Lipinski definition) is 1. The first kappa shape index (κ1) is 23.8. The summed E-state index contributed by atoms with van der Waals surface area (Å²) in [5.74, 6) is 0.629. The normalized spacial score (nSPS) is 18.8. The highest BCUT2D eigenvalue weighted by Gasteiger charge is 2.31. The van der Waals surface area contributed by atoms with Crippen molar-refractivity contribution in [1.29, 1.82) is 0 Å². The van der Waals surface area contributed by atoms with Crippen LogP contribution in [0, 0.1) is 5.92 Å². The fraction of sp³-hybridized carbons (Fsp3) is 0.400. The molecule has 2 heterocycles. The summed E-state index contributed by atoms with van der Waals surface area (Å²) in [6, 6.07) is 11.3. The van der Waals surface area contributed by atoms with E-state index in [4.69, 9.17) is 25.7 Å². The van der Waals surface area contributed by atoms with E-state index < -0.39 is 5.60 Å². The van der Waals surface area contributed by atoms with Crippen LogP contribution in [-0.2, 0) is 15.1 Å². The summed E-state index contributed by atoms with van der Waals surface area (Å²) >= 11 is 7.52. The predicted octanol–water partition coefficient (Wildman–Crippen LogP) is 6.22. The van der Waals surface area contributed by atoms with Crippen LogP contribution in [0.25, 0.3) is 11.3 Å². The zero-order valence-electron chi connectivity index (χ0n) is 18.9. The van der Waals surface area contributed by atoms with Crippen LogP contribution >= 0.6 is 23.4 Å². The second-order valence-corrected chi connectivity index (χ2v) is 10.3. The van der Waals surface area contributed by atoms with Crippen molar-refractivity contribution in [3.05, 3.63) is 59.2 Å². The molecule has 0 amide bonds. The molecule has 0 radical (unpaired) electrons. The fourth-order valence-corrected chi connectivity index (χ4v) is 5.00. The number of halogens is 1. The lowest BCUT2D eigenvalue weighted by Crippen LogP contribution is -2.22. The zero-order valence-corrected chi connectivity index (χ0v) is 20.4. The minimum absolute atomic E-state index is 0.0535. The Morgan fingerprint density at radius 2 is 1.85 bits per heavy atom. The lowest BCUT2D eigenvalue weighted by atomic mass is 9.82. The Balaban J connectivity index is 1.63. The van der Waals surface area contributed by atoms with Crippen LogP contribution in [0.2, 0.25) is 5.02 Å². The Kier molecular flexibility index (Phi) is 7.12. The van der Waals surface area contributed by atoms with Crippen LogP contribution in [-0.4, -0.2) is 28.2 Å². The number of carbonyl (C=O) groups excluding carboxylic acids is 1. The third kappa shape index (κ3) is 5.60. The van der Waals surface area contributed by atoms with Gasteiger partial charge in [0.05, 0.1) is 18.7 Å². The number of nitrogens with zero attached hydrogens (tertiary/aromatic N) is 2. The molecule has 0 unspecified atom stereocenters. The van der Waals surface area contributed by atoms with Crippen molar-refractivity contribution in [3.63, 3.8) is 0 Å². The van der Waals surface area contributed by atoms with Crippen molar-refractivity contribution in [2.24, 2.45) is 5.92 Å². The number of hydrogen-bond acceptors (Lipinski definition) is 7. The Morgan fingerprint density at radius 3 is 2.42 bits per heavy atom. The maximum Gasteiger partial charge on any atom is 0.308 e. The highest BCUT2D eigenvalue weighted by atomic mass is 35.5. The summed E-state index contributed by atoms with van der Waals surface area (Å²) in [6.45, 7) is 3.41. The van der Waals surface area contributed by atoms with E-state index in [0.717, 1.165) is 41.8 Å². The molecular formula is C25H27ClN2O4S. The molecule has 1 aliphatic rings. The van der Waals surface area contributed by atoms with Crippen molar-refractivity contribution >= 4 is 29.3 Å². The van der Waals surface area contributed by atoms with Gasteiger partial charge in [-0.25, -0.2) is 4.98 Å². The summed E-state index contributed by atoms with van der Waals surface area (Å²) < 4.78 is 11.2. The van der Waals surface area contributed by atoms with Crippen LogP contribution in [0.5, 0.6) is 0 Å². The van der Waals surface area contributed by atoms with Gasteiger partial charge in [-0.05, 0) is 87.7 Å². The van der Waals surface area contributed by atoms with Crippen LogP contribution in [0.4, 0.5) is 0 Å². The second-order valence-electron chi connectivity index (χ2n) is 8.81. The van der Waals surface area contributed by atoms with Gasteiger partial charge in [-0.2, -0.15) is 0 Å². The molecule has 0 atom stereocenters. The lowest BCUT2D eigenvalue weighted by Gasteiger charge is -2.24. The molecule has 6 nitrogen and oxygen atoms in total. The second kappa shape index (κ2) is 9.87. The molecule has 1 saturated carbocycles. The Bertz CT molecular complexity index is 1100. The molecule has 3 aromatic rings. The predicted molar refractivity (Wildman–Crippen MR) is 127 cm³/mol. The topological polar surface area (TPSA) is 85.5 Å². The number of carbonyl (C=O) groups is 1. The van der Waals surface area contributed by atoms with Crippen LogP contribution in [0.15, 0.2) is 57.0 Å². The molecule has 174 valence electrons. The Hall–Kier alpha value is -2.35. The van der Waals surface area contributed by atoms with E-state index in [9.17, 15) is 9.90 Å². The molecule has 33 heavy (non-hydrogen) atoms. The van der Waals surface area contributed by atoms with Gasteiger partial charge in [-0.3, -0.25) is 9.78 Å². The molecule has 0 bridgehead atoms. The highest BCUT2D eigenvalue weighted by Crippen LogP contribution is 2.42. The van der Waals surface area contributed by atoms with Gasteiger partial charge < -0.3 is 14.3 Å². The standard InChI is InChI=1S/C25H27ClN2O4S/c1-25(2,30)20-13-8-17(14-27-20)21-24(33-19-11-9-18(26)10-12-19)32-22(28-21)15-4-6-16(7-5-15)23(29)31-3/h8-16,30H,4-7H2,1-3H3. The first-order valence-electron chi connectivity index (χ1n) is 11.0. The lowest BCUT2D eigenvalue weighted by molar-refractivity contribution is -0.146. The number of methoxy groups -OCH3 is 1. The van der Waals surface area contributed by atoms with Crippen molar-refractivity contribution in [2.45, 2.75) is 61.0 Å². The molecule has 1 aromatic carbocycles. The fourth-order valence-electron chi connectivity index (χ4n) is 4.00. The van der Waals surface area contributed by atoms with Crippen LogP contribution in [0.3, 0.4) is 0 Å².